The van der Waals surface area contributed by atoms with Gasteiger partial charge in [0.2, 0.25) is 5.91 Å². The molecule has 140 valence electrons. The van der Waals surface area contributed by atoms with Crippen molar-refractivity contribution in [3.63, 3.8) is 0 Å². The van der Waals surface area contributed by atoms with Gasteiger partial charge in [0.15, 0.2) is 0 Å². The molecule has 1 aromatic heterocycles. The van der Waals surface area contributed by atoms with Gasteiger partial charge in [0.05, 0.1) is 0 Å². The Hall–Kier alpha value is -2.69. The number of carbonyl (C=O) groups is 2. The minimum atomic E-state index is 0.0837. The summed E-state index contributed by atoms with van der Waals surface area (Å²) in [7, 11) is 1.70. The van der Waals surface area contributed by atoms with E-state index in [1.807, 2.05) is 4.90 Å². The van der Waals surface area contributed by atoms with E-state index in [9.17, 15) is 9.59 Å². The van der Waals surface area contributed by atoms with Crippen LogP contribution in [0.1, 0.15) is 53.1 Å². The first-order chi connectivity index (χ1) is 13.1. The fraction of sp³-hybridized carbons (Fsp3) is 0.409. The fourth-order valence-electron chi connectivity index (χ4n) is 4.82. The molecule has 5 heteroatoms. The SMILES string of the molecule is CNC(=O)C[C@@H]1CC2(CCN(C(=O)c3ccncc3)CC2)c2ccccc21. The van der Waals surface area contributed by atoms with Crippen LogP contribution in [0.15, 0.2) is 48.8 Å². The van der Waals surface area contributed by atoms with Gasteiger partial charge in [-0.2, -0.15) is 0 Å². The molecule has 2 amide bonds. The first kappa shape index (κ1) is 17.7. The number of hydrogen-bond donors (Lipinski definition) is 1. The van der Waals surface area contributed by atoms with Crippen molar-refractivity contribution in [1.29, 1.82) is 0 Å². The molecular formula is C22H25N3O2. The highest BCUT2D eigenvalue weighted by Crippen LogP contribution is 2.52. The second-order valence-corrected chi connectivity index (χ2v) is 7.67. The third kappa shape index (κ3) is 3.22. The number of nitrogens with one attached hydrogen (secondary N) is 1. The van der Waals surface area contributed by atoms with Gasteiger partial charge < -0.3 is 10.2 Å². The van der Waals surface area contributed by atoms with E-state index in [1.54, 1.807) is 31.6 Å². The number of benzene rings is 1. The van der Waals surface area contributed by atoms with E-state index in [1.165, 1.54) is 11.1 Å². The van der Waals surface area contributed by atoms with E-state index >= 15 is 0 Å². The number of piperidine rings is 1. The summed E-state index contributed by atoms with van der Waals surface area (Å²) in [6.45, 7) is 1.50. The number of rotatable bonds is 3. The molecule has 1 aliphatic carbocycles. The van der Waals surface area contributed by atoms with Crippen LogP contribution in [-0.2, 0) is 10.2 Å². The molecule has 1 aliphatic heterocycles. The van der Waals surface area contributed by atoms with Crippen LogP contribution < -0.4 is 5.32 Å². The summed E-state index contributed by atoms with van der Waals surface area (Å²) in [4.78, 5) is 30.7. The second-order valence-electron chi connectivity index (χ2n) is 7.67. The lowest BCUT2D eigenvalue weighted by atomic mass is 9.73. The van der Waals surface area contributed by atoms with Crippen LogP contribution in [-0.4, -0.2) is 41.8 Å². The average molecular weight is 363 g/mol. The Morgan fingerprint density at radius 3 is 2.56 bits per heavy atom. The number of nitrogens with zero attached hydrogens (tertiary/aromatic N) is 2. The van der Waals surface area contributed by atoms with E-state index in [0.717, 1.165) is 32.4 Å². The van der Waals surface area contributed by atoms with Crippen LogP contribution in [0, 0.1) is 0 Å². The van der Waals surface area contributed by atoms with Gasteiger partial charge in [-0.05, 0) is 53.9 Å². The monoisotopic (exact) mass is 363 g/mol. The number of fused-ring (bicyclic) bond motifs is 2. The largest absolute Gasteiger partial charge is 0.359 e. The summed E-state index contributed by atoms with van der Waals surface area (Å²) in [6.07, 6.45) is 6.76. The summed E-state index contributed by atoms with van der Waals surface area (Å²) in [6, 6.07) is 12.1. The number of hydrogen-bond acceptors (Lipinski definition) is 3. The normalized spacial score (nSPS) is 20.3. The van der Waals surface area contributed by atoms with Crippen LogP contribution in [0.2, 0.25) is 0 Å². The third-order valence-corrected chi connectivity index (χ3v) is 6.25. The maximum absolute atomic E-state index is 12.7. The van der Waals surface area contributed by atoms with E-state index in [4.69, 9.17) is 0 Å². The number of amides is 2. The molecule has 5 nitrogen and oxygen atoms in total. The predicted octanol–water partition coefficient (Wildman–Crippen LogP) is 2.88. The molecule has 0 radical (unpaired) electrons. The molecule has 2 heterocycles. The Morgan fingerprint density at radius 1 is 1.15 bits per heavy atom. The van der Waals surface area contributed by atoms with E-state index in [2.05, 4.69) is 34.6 Å². The van der Waals surface area contributed by atoms with Gasteiger partial charge in [-0.1, -0.05) is 24.3 Å². The molecule has 1 spiro atoms. The third-order valence-electron chi connectivity index (χ3n) is 6.25. The highest BCUT2D eigenvalue weighted by atomic mass is 16.2. The van der Waals surface area contributed by atoms with E-state index in [-0.39, 0.29) is 23.1 Å². The molecule has 0 unspecified atom stereocenters. The van der Waals surface area contributed by atoms with Crippen molar-refractivity contribution in [3.8, 4) is 0 Å². The van der Waals surface area contributed by atoms with Crippen molar-refractivity contribution in [2.45, 2.75) is 37.0 Å². The van der Waals surface area contributed by atoms with Gasteiger partial charge in [0.1, 0.15) is 0 Å². The summed E-state index contributed by atoms with van der Waals surface area (Å²) < 4.78 is 0. The van der Waals surface area contributed by atoms with Gasteiger partial charge in [0.25, 0.3) is 5.91 Å². The van der Waals surface area contributed by atoms with Gasteiger partial charge in [-0.25, -0.2) is 0 Å². The highest BCUT2D eigenvalue weighted by molar-refractivity contribution is 5.94. The van der Waals surface area contributed by atoms with E-state index < -0.39 is 0 Å². The van der Waals surface area contributed by atoms with Crippen molar-refractivity contribution in [1.82, 2.24) is 15.2 Å². The quantitative estimate of drug-likeness (QED) is 0.912. The zero-order valence-electron chi connectivity index (χ0n) is 15.6. The summed E-state index contributed by atoms with van der Waals surface area (Å²) in [5.74, 6) is 0.446. The van der Waals surface area contributed by atoms with Crippen molar-refractivity contribution in [2.75, 3.05) is 20.1 Å². The maximum Gasteiger partial charge on any atom is 0.253 e. The van der Waals surface area contributed by atoms with Crippen molar-refractivity contribution < 1.29 is 9.59 Å². The predicted molar refractivity (Wildman–Crippen MR) is 104 cm³/mol. The summed E-state index contributed by atoms with van der Waals surface area (Å²) in [5, 5.41) is 2.76. The number of likely N-dealkylation sites (tertiary alicyclic amines) is 1. The van der Waals surface area contributed by atoms with Crippen molar-refractivity contribution >= 4 is 11.8 Å². The van der Waals surface area contributed by atoms with Crippen LogP contribution in [0.3, 0.4) is 0 Å². The lowest BCUT2D eigenvalue weighted by Crippen LogP contribution is -2.44. The van der Waals surface area contributed by atoms with Gasteiger partial charge >= 0.3 is 0 Å². The van der Waals surface area contributed by atoms with Gasteiger partial charge in [-0.3, -0.25) is 14.6 Å². The second kappa shape index (κ2) is 7.14. The molecule has 1 fully saturated rings. The molecule has 0 saturated carbocycles. The van der Waals surface area contributed by atoms with Crippen molar-refractivity contribution in [3.05, 3.63) is 65.5 Å². The zero-order chi connectivity index (χ0) is 18.9. The number of aromatic nitrogens is 1. The molecule has 4 rings (SSSR count). The smallest absolute Gasteiger partial charge is 0.253 e. The minimum Gasteiger partial charge on any atom is -0.359 e. The highest BCUT2D eigenvalue weighted by Gasteiger charge is 2.46. The summed E-state index contributed by atoms with van der Waals surface area (Å²) in [5.41, 5.74) is 3.49. The Morgan fingerprint density at radius 2 is 1.85 bits per heavy atom. The number of carbonyl (C=O) groups excluding carboxylic acids is 2. The Bertz CT molecular complexity index is 842. The molecule has 2 aromatic rings. The Kier molecular flexibility index (Phi) is 4.68. The zero-order valence-corrected chi connectivity index (χ0v) is 15.6. The minimum absolute atomic E-state index is 0.0837. The van der Waals surface area contributed by atoms with Crippen LogP contribution >= 0.6 is 0 Å². The van der Waals surface area contributed by atoms with Crippen LogP contribution in [0.25, 0.3) is 0 Å². The molecular weight excluding hydrogens is 338 g/mol. The first-order valence-corrected chi connectivity index (χ1v) is 9.62. The maximum atomic E-state index is 12.7. The fourth-order valence-corrected chi connectivity index (χ4v) is 4.82. The van der Waals surface area contributed by atoms with Gasteiger partial charge in [-0.15, -0.1) is 0 Å². The molecule has 1 aromatic carbocycles. The standard InChI is InChI=1S/C22H25N3O2/c1-23-20(26)14-17-15-22(19-5-3-2-4-18(17)19)8-12-25(13-9-22)21(27)16-6-10-24-11-7-16/h2-7,10-11,17H,8-9,12-15H2,1H3,(H,23,26)/t17-/m1/s1. The van der Waals surface area contributed by atoms with Crippen molar-refractivity contribution in [2.24, 2.45) is 0 Å². The molecule has 1 saturated heterocycles. The first-order valence-electron chi connectivity index (χ1n) is 9.62. The van der Waals surface area contributed by atoms with Crippen LogP contribution in [0.5, 0.6) is 0 Å². The number of pyridine rings is 1. The van der Waals surface area contributed by atoms with Gasteiger partial charge in [0, 0.05) is 44.5 Å². The molecule has 1 atom stereocenters. The lowest BCUT2D eigenvalue weighted by molar-refractivity contribution is -0.121. The lowest BCUT2D eigenvalue weighted by Gasteiger charge is -2.40. The molecule has 1 N–H and O–H groups in total. The average Bonchev–Trinajstić information content (AvgIpc) is 3.02. The van der Waals surface area contributed by atoms with Crippen LogP contribution in [0.4, 0.5) is 0 Å². The topological polar surface area (TPSA) is 62.3 Å². The molecule has 2 aliphatic rings. The summed E-state index contributed by atoms with van der Waals surface area (Å²) >= 11 is 0. The molecule has 27 heavy (non-hydrogen) atoms. The Balaban J connectivity index is 1.52. The molecule has 0 bridgehead atoms. The van der Waals surface area contributed by atoms with E-state index in [0.29, 0.717) is 12.0 Å². The Labute approximate surface area is 159 Å².